The van der Waals surface area contributed by atoms with Crippen LogP contribution >= 0.6 is 0 Å². The molecule has 0 rings (SSSR count). The zero-order valence-electron chi connectivity index (χ0n) is 23.2. The molecule has 3 unspecified atom stereocenters. The highest BCUT2D eigenvalue weighted by Crippen LogP contribution is 2.12. The minimum absolute atomic E-state index is 0.271. The lowest BCUT2D eigenvalue weighted by molar-refractivity contribution is -0.130. The number of aliphatic hydroxyl groups is 2. The molecule has 1 amide bonds. The Balaban J connectivity index is 4.41. The van der Waals surface area contributed by atoms with Crippen molar-refractivity contribution in [3.05, 3.63) is 36.5 Å². The molecule has 37 heavy (non-hydrogen) atoms. The Hall–Kier alpha value is -1.48. The first-order chi connectivity index (χ1) is 17.7. The van der Waals surface area contributed by atoms with Gasteiger partial charge in [-0.2, -0.15) is 8.42 Å². The molecule has 0 radical (unpaired) electrons. The van der Waals surface area contributed by atoms with Crippen molar-refractivity contribution in [2.45, 2.75) is 135 Å². The van der Waals surface area contributed by atoms with Crippen LogP contribution in [0.15, 0.2) is 36.5 Å². The van der Waals surface area contributed by atoms with Crippen LogP contribution in [-0.2, 0) is 14.9 Å². The standard InChI is InChI=1S/C29H53NO6S/c1-3-5-7-9-11-13-14-16-17-19-21-23-27(31)26(25-37(34,35)36)30-29(33)28(32)24-22-20-18-15-12-10-8-6-4-2/h7,9,14,16,21,23,26-28,31-32H,3-6,8,10-13,15,17-20,22,24-25H2,1-2H3,(H,30,33)(H,34,35,36)/b9-7+,16-14+,23-21+. The molecule has 4 N–H and O–H groups in total. The second-order valence-corrected chi connectivity index (χ2v) is 11.3. The van der Waals surface area contributed by atoms with Crippen molar-refractivity contribution in [3.63, 3.8) is 0 Å². The van der Waals surface area contributed by atoms with Crippen molar-refractivity contribution >= 4 is 16.0 Å². The maximum Gasteiger partial charge on any atom is 0.267 e. The van der Waals surface area contributed by atoms with E-state index in [0.29, 0.717) is 12.8 Å². The molecule has 0 aromatic heterocycles. The quantitative estimate of drug-likeness (QED) is 0.0669. The number of nitrogens with one attached hydrogen (secondary N) is 1. The molecule has 0 aliphatic carbocycles. The van der Waals surface area contributed by atoms with Crippen LogP contribution in [0.2, 0.25) is 0 Å². The van der Waals surface area contributed by atoms with E-state index in [-0.39, 0.29) is 6.42 Å². The molecule has 0 fully saturated rings. The summed E-state index contributed by atoms with van der Waals surface area (Å²) in [5.41, 5.74) is 0. The van der Waals surface area contributed by atoms with Crippen LogP contribution in [0.4, 0.5) is 0 Å². The van der Waals surface area contributed by atoms with E-state index in [1.54, 1.807) is 6.08 Å². The minimum Gasteiger partial charge on any atom is -0.387 e. The molecule has 0 aliphatic rings. The van der Waals surface area contributed by atoms with Gasteiger partial charge >= 0.3 is 0 Å². The Labute approximate surface area is 226 Å². The minimum atomic E-state index is -4.44. The van der Waals surface area contributed by atoms with Crippen molar-refractivity contribution in [3.8, 4) is 0 Å². The molecule has 0 bridgehead atoms. The van der Waals surface area contributed by atoms with Gasteiger partial charge in [-0.05, 0) is 38.5 Å². The van der Waals surface area contributed by atoms with Crippen LogP contribution < -0.4 is 5.32 Å². The van der Waals surface area contributed by atoms with E-state index in [1.807, 2.05) is 0 Å². The van der Waals surface area contributed by atoms with Crippen molar-refractivity contribution < 1.29 is 28.0 Å². The van der Waals surface area contributed by atoms with Crippen molar-refractivity contribution in [1.82, 2.24) is 5.32 Å². The van der Waals surface area contributed by atoms with Gasteiger partial charge in [0.05, 0.1) is 17.9 Å². The molecule has 216 valence electrons. The Kier molecular flexibility index (Phi) is 22.7. The predicted octanol–water partition coefficient (Wildman–Crippen LogP) is 6.03. The Morgan fingerprint density at radius 3 is 1.73 bits per heavy atom. The third-order valence-corrected chi connectivity index (χ3v) is 6.92. The van der Waals surface area contributed by atoms with Crippen LogP contribution in [0.3, 0.4) is 0 Å². The molecule has 0 aliphatic heterocycles. The summed E-state index contributed by atoms with van der Waals surface area (Å²) in [5.74, 6) is -1.57. The Bertz CT molecular complexity index is 747. The number of hydrogen-bond acceptors (Lipinski definition) is 5. The molecule has 0 saturated heterocycles. The fourth-order valence-electron chi connectivity index (χ4n) is 3.90. The maximum atomic E-state index is 12.4. The second-order valence-electron chi connectivity index (χ2n) is 9.80. The number of aliphatic hydroxyl groups excluding tert-OH is 2. The number of hydrogen-bond donors (Lipinski definition) is 4. The SMILES string of the molecule is CCC/C=C/CC/C=C/CC/C=C/C(O)C(CS(=O)(=O)O)NC(=O)C(O)CCCCCCCCCCC. The molecule has 0 aromatic carbocycles. The van der Waals surface area contributed by atoms with Crippen LogP contribution in [0.25, 0.3) is 0 Å². The lowest BCUT2D eigenvalue weighted by Gasteiger charge is -2.22. The van der Waals surface area contributed by atoms with Gasteiger partial charge in [0.2, 0.25) is 5.91 Å². The lowest BCUT2D eigenvalue weighted by atomic mass is 10.0. The first-order valence-corrected chi connectivity index (χ1v) is 15.9. The van der Waals surface area contributed by atoms with Crippen molar-refractivity contribution in [2.75, 3.05) is 5.75 Å². The van der Waals surface area contributed by atoms with Gasteiger partial charge in [0, 0.05) is 0 Å². The molecule has 0 saturated carbocycles. The third kappa shape index (κ3) is 23.4. The van der Waals surface area contributed by atoms with E-state index in [1.165, 1.54) is 38.2 Å². The maximum absolute atomic E-state index is 12.4. The summed E-state index contributed by atoms with van der Waals surface area (Å²) in [7, 11) is -4.44. The highest BCUT2D eigenvalue weighted by Gasteiger charge is 2.27. The van der Waals surface area contributed by atoms with Crippen molar-refractivity contribution in [1.29, 1.82) is 0 Å². The summed E-state index contributed by atoms with van der Waals surface area (Å²) in [5, 5.41) is 23.0. The number of rotatable bonds is 24. The topological polar surface area (TPSA) is 124 Å². The predicted molar refractivity (Wildman–Crippen MR) is 153 cm³/mol. The summed E-state index contributed by atoms with van der Waals surface area (Å²) in [6.45, 7) is 4.34. The lowest BCUT2D eigenvalue weighted by Crippen LogP contribution is -2.50. The number of unbranched alkanes of at least 4 members (excludes halogenated alkanes) is 11. The Morgan fingerprint density at radius 2 is 1.22 bits per heavy atom. The smallest absolute Gasteiger partial charge is 0.267 e. The van der Waals surface area contributed by atoms with Gasteiger partial charge in [0.15, 0.2) is 0 Å². The number of carbonyl (C=O) groups is 1. The van der Waals surface area contributed by atoms with E-state index >= 15 is 0 Å². The van der Waals surface area contributed by atoms with E-state index in [9.17, 15) is 28.0 Å². The first-order valence-electron chi connectivity index (χ1n) is 14.3. The summed E-state index contributed by atoms with van der Waals surface area (Å²) < 4.78 is 32.1. The van der Waals surface area contributed by atoms with Gasteiger partial charge in [-0.3, -0.25) is 9.35 Å². The van der Waals surface area contributed by atoms with Crippen molar-refractivity contribution in [2.24, 2.45) is 0 Å². The van der Waals surface area contributed by atoms with E-state index in [0.717, 1.165) is 51.4 Å². The van der Waals surface area contributed by atoms with E-state index in [4.69, 9.17) is 0 Å². The molecule has 0 aromatic rings. The summed E-state index contributed by atoms with van der Waals surface area (Å²) in [6, 6.07) is -1.25. The number of amides is 1. The average molecular weight is 544 g/mol. The average Bonchev–Trinajstić information content (AvgIpc) is 2.84. The van der Waals surface area contributed by atoms with Crippen LogP contribution in [0.5, 0.6) is 0 Å². The van der Waals surface area contributed by atoms with Crippen LogP contribution in [-0.4, -0.2) is 53.1 Å². The highest BCUT2D eigenvalue weighted by molar-refractivity contribution is 7.85. The summed E-state index contributed by atoms with van der Waals surface area (Å²) in [4.78, 5) is 12.4. The van der Waals surface area contributed by atoms with Gasteiger partial charge in [0.1, 0.15) is 6.10 Å². The van der Waals surface area contributed by atoms with Crippen LogP contribution in [0, 0.1) is 0 Å². The number of carbonyl (C=O) groups excluding carboxylic acids is 1. The van der Waals surface area contributed by atoms with Crippen LogP contribution in [0.1, 0.15) is 117 Å². The van der Waals surface area contributed by atoms with Gasteiger partial charge in [-0.25, -0.2) is 0 Å². The van der Waals surface area contributed by atoms with Gasteiger partial charge < -0.3 is 15.5 Å². The molecular weight excluding hydrogens is 490 g/mol. The highest BCUT2D eigenvalue weighted by atomic mass is 32.2. The fraction of sp³-hybridized carbons (Fsp3) is 0.759. The first kappa shape index (κ1) is 35.5. The van der Waals surface area contributed by atoms with E-state index in [2.05, 4.69) is 43.5 Å². The van der Waals surface area contributed by atoms with E-state index < -0.39 is 40.0 Å². The molecule has 0 spiro atoms. The monoisotopic (exact) mass is 543 g/mol. The molecule has 3 atom stereocenters. The fourth-order valence-corrected chi connectivity index (χ4v) is 4.64. The third-order valence-electron chi connectivity index (χ3n) is 6.14. The summed E-state index contributed by atoms with van der Waals surface area (Å²) >= 11 is 0. The molecular formula is C29H53NO6S. The largest absolute Gasteiger partial charge is 0.387 e. The van der Waals surface area contributed by atoms with Gasteiger partial charge in [0.25, 0.3) is 10.1 Å². The normalized spacial score (nSPS) is 15.1. The number of allylic oxidation sites excluding steroid dienone is 5. The molecule has 8 heteroatoms. The summed E-state index contributed by atoms with van der Waals surface area (Å²) in [6.07, 6.45) is 25.1. The zero-order chi connectivity index (χ0) is 27.8. The second kappa shape index (κ2) is 23.6. The molecule has 0 heterocycles. The molecule has 7 nitrogen and oxygen atoms in total. The van der Waals surface area contributed by atoms with Gasteiger partial charge in [-0.15, -0.1) is 0 Å². The Morgan fingerprint density at radius 1 is 0.730 bits per heavy atom. The van der Waals surface area contributed by atoms with Gasteiger partial charge in [-0.1, -0.05) is 115 Å². The zero-order valence-corrected chi connectivity index (χ0v) is 24.0.